The maximum Gasteiger partial charge on any atom is 0.160 e. The highest BCUT2D eigenvalue weighted by Crippen LogP contribution is 2.43. The summed E-state index contributed by atoms with van der Waals surface area (Å²) in [6.07, 6.45) is 0. The van der Waals surface area contributed by atoms with Crippen molar-refractivity contribution in [1.29, 1.82) is 0 Å². The van der Waals surface area contributed by atoms with Crippen molar-refractivity contribution in [2.24, 2.45) is 0 Å². The van der Waals surface area contributed by atoms with Gasteiger partial charge in [-0.1, -0.05) is 121 Å². The van der Waals surface area contributed by atoms with Crippen LogP contribution in [0.15, 0.2) is 164 Å². The number of nitrogens with zero attached hydrogens (tertiary/aromatic N) is 3. The normalized spacial score (nSPS) is 11.8. The van der Waals surface area contributed by atoms with Crippen LogP contribution in [0.2, 0.25) is 0 Å². The van der Waals surface area contributed by atoms with Crippen molar-refractivity contribution in [3.63, 3.8) is 0 Å². The van der Waals surface area contributed by atoms with Gasteiger partial charge in [0, 0.05) is 53.1 Å². The summed E-state index contributed by atoms with van der Waals surface area (Å²) in [6.45, 7) is 0. The summed E-state index contributed by atoms with van der Waals surface area (Å²) in [6, 6.07) is 58.2. The number of hydrogen-bond donors (Lipinski definition) is 0. The first kappa shape index (κ1) is 27.1. The number of benzene rings is 7. The number of hydrogen-bond acceptors (Lipinski definition) is 3. The van der Waals surface area contributed by atoms with Crippen LogP contribution in [0.5, 0.6) is 0 Å². The Balaban J connectivity index is 1.20. The van der Waals surface area contributed by atoms with E-state index in [-0.39, 0.29) is 0 Å². The third kappa shape index (κ3) is 4.13. The van der Waals surface area contributed by atoms with Gasteiger partial charge in [-0.25, -0.2) is 9.97 Å². The molecule has 0 amide bonds. The van der Waals surface area contributed by atoms with Crippen molar-refractivity contribution in [3.8, 4) is 39.5 Å². The molecule has 48 heavy (non-hydrogen) atoms. The molecule has 0 N–H and O–H groups in total. The SMILES string of the molecule is c1ccc(-c2nc(-c3cccc(-c4cccc5c4c4ccccc4n5-c4ccccc4)c3)nc3ccc4c5ccccc5sc4c23)cc1. The van der Waals surface area contributed by atoms with Crippen LogP contribution < -0.4 is 0 Å². The monoisotopic (exact) mass is 629 g/mol. The van der Waals surface area contributed by atoms with Gasteiger partial charge in [0.25, 0.3) is 0 Å². The summed E-state index contributed by atoms with van der Waals surface area (Å²) in [7, 11) is 0. The fourth-order valence-corrected chi connectivity index (χ4v) is 8.52. The van der Waals surface area contributed by atoms with Crippen molar-refractivity contribution in [3.05, 3.63) is 164 Å². The summed E-state index contributed by atoms with van der Waals surface area (Å²) in [4.78, 5) is 10.6. The molecule has 224 valence electrons. The number of para-hydroxylation sites is 2. The molecule has 0 aliphatic heterocycles. The highest BCUT2D eigenvalue weighted by atomic mass is 32.1. The molecule has 0 aliphatic rings. The van der Waals surface area contributed by atoms with Gasteiger partial charge in [-0.05, 0) is 53.6 Å². The zero-order valence-electron chi connectivity index (χ0n) is 25.8. The van der Waals surface area contributed by atoms with Gasteiger partial charge in [-0.2, -0.15) is 0 Å². The van der Waals surface area contributed by atoms with E-state index in [1.165, 1.54) is 47.5 Å². The highest BCUT2D eigenvalue weighted by Gasteiger charge is 2.19. The molecule has 0 unspecified atom stereocenters. The average Bonchev–Trinajstić information content (AvgIpc) is 3.71. The van der Waals surface area contributed by atoms with Crippen LogP contribution in [0, 0.1) is 0 Å². The van der Waals surface area contributed by atoms with E-state index >= 15 is 0 Å². The molecule has 10 rings (SSSR count). The Labute approximate surface area is 281 Å². The molecule has 0 fully saturated rings. The zero-order chi connectivity index (χ0) is 31.6. The quantitative estimate of drug-likeness (QED) is 0.194. The van der Waals surface area contributed by atoms with Crippen LogP contribution in [0.4, 0.5) is 0 Å². The van der Waals surface area contributed by atoms with Crippen molar-refractivity contribution in [1.82, 2.24) is 14.5 Å². The van der Waals surface area contributed by atoms with Gasteiger partial charge in [-0.15, -0.1) is 11.3 Å². The number of rotatable bonds is 4. The second-order valence-corrected chi connectivity index (χ2v) is 13.2. The molecule has 7 aromatic carbocycles. The van der Waals surface area contributed by atoms with Crippen LogP contribution in [0.3, 0.4) is 0 Å². The maximum atomic E-state index is 5.34. The lowest BCUT2D eigenvalue weighted by Gasteiger charge is -2.12. The molecule has 0 aliphatic carbocycles. The van der Waals surface area contributed by atoms with E-state index in [9.17, 15) is 0 Å². The lowest BCUT2D eigenvalue weighted by atomic mass is 9.97. The molecule has 10 aromatic rings. The van der Waals surface area contributed by atoms with E-state index in [1.54, 1.807) is 0 Å². The van der Waals surface area contributed by atoms with Crippen LogP contribution in [0.25, 0.3) is 92.3 Å². The van der Waals surface area contributed by atoms with E-state index < -0.39 is 0 Å². The summed E-state index contributed by atoms with van der Waals surface area (Å²) in [5.74, 6) is 0.725. The van der Waals surface area contributed by atoms with E-state index in [0.29, 0.717) is 0 Å². The summed E-state index contributed by atoms with van der Waals surface area (Å²) in [5, 5.41) is 6.11. The molecule has 0 radical (unpaired) electrons. The minimum absolute atomic E-state index is 0.725. The first-order chi connectivity index (χ1) is 23.8. The Morgan fingerprint density at radius 3 is 2.02 bits per heavy atom. The third-order valence-electron chi connectivity index (χ3n) is 9.40. The topological polar surface area (TPSA) is 30.7 Å². The Hall–Kier alpha value is -6.10. The van der Waals surface area contributed by atoms with Crippen molar-refractivity contribution >= 4 is 64.2 Å². The first-order valence-electron chi connectivity index (χ1n) is 16.2. The van der Waals surface area contributed by atoms with Gasteiger partial charge in [0.1, 0.15) is 0 Å². The maximum absolute atomic E-state index is 5.34. The Bertz CT molecular complexity index is 2830. The van der Waals surface area contributed by atoms with E-state index in [2.05, 4.69) is 168 Å². The average molecular weight is 630 g/mol. The standard InChI is InChI=1S/C44H27N3S/c1-3-13-28(14-4-1)42-41-36(26-25-34-33-19-8-10-24-39(33)48-43(34)41)45-44(46-42)30-16-11-15-29(27-30)32-21-12-23-38-40(32)35-20-7-9-22-37(35)47(38)31-17-5-2-6-18-31/h1-27H. The summed E-state index contributed by atoms with van der Waals surface area (Å²) < 4.78 is 4.87. The molecule has 0 bridgehead atoms. The Morgan fingerprint density at radius 1 is 0.458 bits per heavy atom. The predicted molar refractivity (Wildman–Crippen MR) is 203 cm³/mol. The summed E-state index contributed by atoms with van der Waals surface area (Å²) >= 11 is 1.82. The van der Waals surface area contributed by atoms with Gasteiger partial charge in [-0.3, -0.25) is 0 Å². The van der Waals surface area contributed by atoms with Crippen LogP contribution in [-0.4, -0.2) is 14.5 Å². The number of fused-ring (bicyclic) bond motifs is 8. The number of thiophene rings is 1. The zero-order valence-corrected chi connectivity index (χ0v) is 26.7. The molecule has 0 spiro atoms. The fourth-order valence-electron chi connectivity index (χ4n) is 7.28. The second-order valence-electron chi connectivity index (χ2n) is 12.2. The van der Waals surface area contributed by atoms with Crippen LogP contribution in [0.1, 0.15) is 0 Å². The summed E-state index contributed by atoms with van der Waals surface area (Å²) in [5.41, 5.74) is 9.86. The minimum Gasteiger partial charge on any atom is -0.309 e. The lowest BCUT2D eigenvalue weighted by Crippen LogP contribution is -1.96. The molecule has 3 aromatic heterocycles. The molecule has 0 saturated carbocycles. The van der Waals surface area contributed by atoms with Gasteiger partial charge < -0.3 is 4.57 Å². The van der Waals surface area contributed by atoms with Crippen molar-refractivity contribution in [2.45, 2.75) is 0 Å². The van der Waals surface area contributed by atoms with Crippen LogP contribution in [-0.2, 0) is 0 Å². The van der Waals surface area contributed by atoms with Gasteiger partial charge >= 0.3 is 0 Å². The van der Waals surface area contributed by atoms with Crippen molar-refractivity contribution in [2.75, 3.05) is 0 Å². The molecule has 3 heterocycles. The fraction of sp³-hybridized carbons (Fsp3) is 0. The first-order valence-corrected chi connectivity index (χ1v) is 17.0. The van der Waals surface area contributed by atoms with Gasteiger partial charge in [0.05, 0.1) is 22.2 Å². The molecule has 0 atom stereocenters. The molecular formula is C44H27N3S. The van der Waals surface area contributed by atoms with Crippen molar-refractivity contribution < 1.29 is 0 Å². The second kappa shape index (κ2) is 10.7. The van der Waals surface area contributed by atoms with E-state index in [0.717, 1.165) is 44.8 Å². The largest absolute Gasteiger partial charge is 0.309 e. The predicted octanol–water partition coefficient (Wildman–Crippen LogP) is 12.1. The minimum atomic E-state index is 0.725. The Morgan fingerprint density at radius 2 is 1.15 bits per heavy atom. The van der Waals surface area contributed by atoms with Gasteiger partial charge in [0.15, 0.2) is 5.82 Å². The molecule has 4 heteroatoms. The van der Waals surface area contributed by atoms with Crippen LogP contribution >= 0.6 is 11.3 Å². The molecule has 0 saturated heterocycles. The third-order valence-corrected chi connectivity index (χ3v) is 10.6. The van der Waals surface area contributed by atoms with E-state index in [4.69, 9.17) is 9.97 Å². The lowest BCUT2D eigenvalue weighted by molar-refractivity contribution is 1.18. The van der Waals surface area contributed by atoms with E-state index in [1.807, 2.05) is 11.3 Å². The smallest absolute Gasteiger partial charge is 0.160 e. The van der Waals surface area contributed by atoms with Gasteiger partial charge in [0.2, 0.25) is 0 Å². The molecule has 3 nitrogen and oxygen atoms in total. The molecular weight excluding hydrogens is 603 g/mol. The Kier molecular flexibility index (Phi) is 6.05. The highest BCUT2D eigenvalue weighted by molar-refractivity contribution is 7.26. The number of aromatic nitrogens is 3.